The van der Waals surface area contributed by atoms with Gasteiger partial charge >= 0.3 is 0 Å². The number of pyridine rings is 1. The molecule has 1 aromatic carbocycles. The molecule has 0 aliphatic heterocycles. The third kappa shape index (κ3) is 2.29. The maximum atomic E-state index is 11.9. The number of hydrogen-bond donors (Lipinski definition) is 2. The van der Waals surface area contributed by atoms with E-state index >= 15 is 0 Å². The predicted molar refractivity (Wildman–Crippen MR) is 77.1 cm³/mol. The average molecular weight is 265 g/mol. The van der Waals surface area contributed by atoms with Crippen LogP contribution in [0.5, 0.6) is 0 Å². The van der Waals surface area contributed by atoms with Crippen molar-refractivity contribution >= 4 is 22.9 Å². The van der Waals surface area contributed by atoms with E-state index in [4.69, 9.17) is 0 Å². The maximum absolute atomic E-state index is 11.9. The van der Waals surface area contributed by atoms with Crippen molar-refractivity contribution in [1.29, 1.82) is 0 Å². The van der Waals surface area contributed by atoms with Crippen molar-refractivity contribution < 1.29 is 5.11 Å². The molecule has 0 saturated heterocycles. The van der Waals surface area contributed by atoms with Crippen molar-refractivity contribution in [1.82, 2.24) is 15.0 Å². The molecule has 0 radical (unpaired) electrons. The lowest BCUT2D eigenvalue weighted by Crippen LogP contribution is -2.12. The third-order valence-corrected chi connectivity index (χ3v) is 2.88. The highest BCUT2D eigenvalue weighted by Crippen LogP contribution is 2.13. The summed E-state index contributed by atoms with van der Waals surface area (Å²) >= 11 is 0. The van der Waals surface area contributed by atoms with Crippen molar-refractivity contribution in [3.8, 4) is 0 Å². The molecule has 0 saturated carbocycles. The molecule has 5 nitrogen and oxygen atoms in total. The first-order chi connectivity index (χ1) is 9.74. The van der Waals surface area contributed by atoms with Gasteiger partial charge in [0.15, 0.2) is 0 Å². The molecule has 0 fully saturated rings. The monoisotopic (exact) mass is 265 g/mol. The average Bonchev–Trinajstić information content (AvgIpc) is 2.49. The van der Waals surface area contributed by atoms with Crippen LogP contribution >= 0.6 is 0 Å². The number of nitrogens with one attached hydrogen (secondary N) is 1. The zero-order valence-electron chi connectivity index (χ0n) is 10.4. The fourth-order valence-corrected chi connectivity index (χ4v) is 1.88. The molecule has 3 rings (SSSR count). The molecule has 2 N–H and O–H groups in total. The number of nitrogens with zero attached hydrogens (tertiary/aromatic N) is 2. The minimum absolute atomic E-state index is 0.0271. The molecule has 0 aliphatic carbocycles. The summed E-state index contributed by atoms with van der Waals surface area (Å²) in [5, 5.41) is 10.0. The van der Waals surface area contributed by atoms with E-state index in [-0.39, 0.29) is 17.0 Å². The summed E-state index contributed by atoms with van der Waals surface area (Å²) in [6.07, 6.45) is 4.48. The molecule has 2 heterocycles. The van der Waals surface area contributed by atoms with Crippen LogP contribution in [0.4, 0.5) is 0 Å². The summed E-state index contributed by atoms with van der Waals surface area (Å²) in [6.45, 7) is 0. The normalized spacial score (nSPS) is 11.7. The van der Waals surface area contributed by atoms with Crippen LogP contribution in [-0.2, 0) is 0 Å². The molecule has 2 aromatic heterocycles. The molecule has 20 heavy (non-hydrogen) atoms. The van der Waals surface area contributed by atoms with Crippen molar-refractivity contribution in [2.45, 2.75) is 0 Å². The summed E-state index contributed by atoms with van der Waals surface area (Å²) in [4.78, 5) is 22.8. The van der Waals surface area contributed by atoms with Gasteiger partial charge in [-0.15, -0.1) is 0 Å². The molecule has 0 atom stereocenters. The Morgan fingerprint density at radius 2 is 1.90 bits per heavy atom. The molecule has 0 bridgehead atoms. The van der Waals surface area contributed by atoms with Crippen LogP contribution in [0.1, 0.15) is 11.3 Å². The van der Waals surface area contributed by atoms with E-state index < -0.39 is 0 Å². The number of aliphatic hydroxyl groups excluding tert-OH is 1. The summed E-state index contributed by atoms with van der Waals surface area (Å²) in [5.41, 5.74) is 1.73. The maximum Gasteiger partial charge on any atom is 0.274 e. The van der Waals surface area contributed by atoms with Crippen LogP contribution in [0.3, 0.4) is 0 Å². The lowest BCUT2D eigenvalue weighted by molar-refractivity contribution is 0.515. The van der Waals surface area contributed by atoms with Crippen molar-refractivity contribution in [3.05, 3.63) is 70.4 Å². The molecule has 0 spiro atoms. The first kappa shape index (κ1) is 12.1. The van der Waals surface area contributed by atoms with Crippen LogP contribution in [0.15, 0.2) is 53.6 Å². The number of H-pyrrole nitrogens is 1. The number of aromatic nitrogens is 3. The minimum atomic E-state index is -0.343. The Labute approximate surface area is 114 Å². The van der Waals surface area contributed by atoms with Gasteiger partial charge in [-0.1, -0.05) is 12.1 Å². The molecule has 3 aromatic rings. The Morgan fingerprint density at radius 1 is 1.15 bits per heavy atom. The molecule has 98 valence electrons. The summed E-state index contributed by atoms with van der Waals surface area (Å²) in [7, 11) is 0. The quantitative estimate of drug-likeness (QED) is 0.697. The summed E-state index contributed by atoms with van der Waals surface area (Å²) in [5.74, 6) is -0.0271. The standard InChI is InChI=1S/C15H11N3O2/c19-14(10-5-7-16-8-6-10)9-13-15(20)18-12-4-2-1-3-11(12)17-13/h1-9,19H,(H,18,20)/b14-9+. The van der Waals surface area contributed by atoms with E-state index in [9.17, 15) is 9.90 Å². The largest absolute Gasteiger partial charge is 0.507 e. The Kier molecular flexibility index (Phi) is 3.01. The first-order valence-electron chi connectivity index (χ1n) is 6.04. The first-order valence-corrected chi connectivity index (χ1v) is 6.04. The van der Waals surface area contributed by atoms with Crippen molar-refractivity contribution in [2.75, 3.05) is 0 Å². The van der Waals surface area contributed by atoms with E-state index in [0.717, 1.165) is 0 Å². The highest BCUT2D eigenvalue weighted by Gasteiger charge is 2.05. The van der Waals surface area contributed by atoms with E-state index in [0.29, 0.717) is 16.6 Å². The molecule has 5 heteroatoms. The van der Waals surface area contributed by atoms with Gasteiger partial charge in [-0.3, -0.25) is 9.78 Å². The van der Waals surface area contributed by atoms with Gasteiger partial charge in [0, 0.05) is 24.0 Å². The Balaban J connectivity index is 2.11. The number of aliphatic hydroxyl groups is 1. The number of rotatable bonds is 2. The fraction of sp³-hybridized carbons (Fsp3) is 0. The van der Waals surface area contributed by atoms with Gasteiger partial charge in [0.05, 0.1) is 11.0 Å². The van der Waals surface area contributed by atoms with E-state index in [1.54, 1.807) is 36.7 Å². The second kappa shape index (κ2) is 4.97. The minimum Gasteiger partial charge on any atom is -0.507 e. The number of para-hydroxylation sites is 2. The SMILES string of the molecule is O=c1[nH]c2ccccc2nc1/C=C(/O)c1ccncc1. The third-order valence-electron chi connectivity index (χ3n) is 2.88. The van der Waals surface area contributed by atoms with Crippen LogP contribution in [0, 0.1) is 0 Å². The Bertz CT molecular complexity index is 838. The number of benzene rings is 1. The van der Waals surface area contributed by atoms with Gasteiger partial charge in [0.2, 0.25) is 0 Å². The summed E-state index contributed by atoms with van der Waals surface area (Å²) < 4.78 is 0. The van der Waals surface area contributed by atoms with E-state index in [1.165, 1.54) is 6.08 Å². The second-order valence-electron chi connectivity index (χ2n) is 4.23. The molecular formula is C15H11N3O2. The lowest BCUT2D eigenvalue weighted by atomic mass is 10.2. The van der Waals surface area contributed by atoms with Gasteiger partial charge in [0.1, 0.15) is 11.5 Å². The smallest absolute Gasteiger partial charge is 0.274 e. The van der Waals surface area contributed by atoms with E-state index in [2.05, 4.69) is 15.0 Å². The Hall–Kier alpha value is -2.95. The molecule has 0 aliphatic rings. The van der Waals surface area contributed by atoms with Gasteiger partial charge in [-0.2, -0.15) is 0 Å². The highest BCUT2D eigenvalue weighted by atomic mass is 16.3. The van der Waals surface area contributed by atoms with Crippen LogP contribution in [0.2, 0.25) is 0 Å². The number of hydrogen-bond acceptors (Lipinski definition) is 4. The second-order valence-corrected chi connectivity index (χ2v) is 4.23. The lowest BCUT2D eigenvalue weighted by Gasteiger charge is -2.01. The zero-order chi connectivity index (χ0) is 13.9. The number of aromatic amines is 1. The van der Waals surface area contributed by atoms with Crippen LogP contribution < -0.4 is 5.56 Å². The van der Waals surface area contributed by atoms with Crippen molar-refractivity contribution in [3.63, 3.8) is 0 Å². The van der Waals surface area contributed by atoms with E-state index in [1.807, 2.05) is 12.1 Å². The molecular weight excluding hydrogens is 254 g/mol. The highest BCUT2D eigenvalue weighted by molar-refractivity contribution is 5.78. The van der Waals surface area contributed by atoms with Crippen LogP contribution in [0.25, 0.3) is 22.9 Å². The fourth-order valence-electron chi connectivity index (χ4n) is 1.88. The molecule has 0 unspecified atom stereocenters. The van der Waals surface area contributed by atoms with Gasteiger partial charge in [-0.05, 0) is 24.3 Å². The van der Waals surface area contributed by atoms with Crippen molar-refractivity contribution in [2.24, 2.45) is 0 Å². The summed E-state index contributed by atoms with van der Waals surface area (Å²) in [6, 6.07) is 10.5. The zero-order valence-corrected chi connectivity index (χ0v) is 10.4. The van der Waals surface area contributed by atoms with Gasteiger partial charge in [0.25, 0.3) is 5.56 Å². The number of fused-ring (bicyclic) bond motifs is 1. The topological polar surface area (TPSA) is 78.9 Å². The Morgan fingerprint density at radius 3 is 2.70 bits per heavy atom. The van der Waals surface area contributed by atoms with Gasteiger partial charge in [-0.25, -0.2) is 4.98 Å². The predicted octanol–water partition coefficient (Wildman–Crippen LogP) is 2.37. The van der Waals surface area contributed by atoms with Crippen LogP contribution in [-0.4, -0.2) is 20.1 Å². The van der Waals surface area contributed by atoms with Gasteiger partial charge < -0.3 is 10.1 Å². The molecule has 0 amide bonds.